The standard InChI is InChI=1S/C25H28N2O4S/c1-17(22-16-20(30-2)12-13-23(22)31-3)26-25(29)18-7-4-8-19(15-18)27-24(28)11-5-9-21-10-6-14-32-21/h4,6-8,10,12-17H,5,9,11H2,1-3H3,(H,26,29)(H,27,28). The fourth-order valence-corrected chi connectivity index (χ4v) is 4.13. The van der Waals surface area contributed by atoms with E-state index in [0.29, 0.717) is 29.2 Å². The van der Waals surface area contributed by atoms with Crippen molar-refractivity contribution < 1.29 is 19.1 Å². The van der Waals surface area contributed by atoms with Gasteiger partial charge >= 0.3 is 0 Å². The summed E-state index contributed by atoms with van der Waals surface area (Å²) in [6, 6.07) is 16.2. The van der Waals surface area contributed by atoms with Crippen molar-refractivity contribution in [1.29, 1.82) is 0 Å². The van der Waals surface area contributed by atoms with E-state index in [2.05, 4.69) is 16.7 Å². The van der Waals surface area contributed by atoms with Gasteiger partial charge in [0.05, 0.1) is 20.3 Å². The van der Waals surface area contributed by atoms with Crippen LogP contribution in [-0.4, -0.2) is 26.0 Å². The minimum Gasteiger partial charge on any atom is -0.497 e. The van der Waals surface area contributed by atoms with Gasteiger partial charge < -0.3 is 20.1 Å². The first-order chi connectivity index (χ1) is 15.5. The molecule has 0 aliphatic rings. The van der Waals surface area contributed by atoms with Gasteiger partial charge in [0.1, 0.15) is 11.5 Å². The Morgan fingerprint density at radius 2 is 1.88 bits per heavy atom. The summed E-state index contributed by atoms with van der Waals surface area (Å²) in [5, 5.41) is 7.91. The van der Waals surface area contributed by atoms with Crippen LogP contribution in [0.15, 0.2) is 60.0 Å². The van der Waals surface area contributed by atoms with Gasteiger partial charge in [-0.25, -0.2) is 0 Å². The zero-order chi connectivity index (χ0) is 22.9. The van der Waals surface area contributed by atoms with Gasteiger partial charge in [-0.1, -0.05) is 12.1 Å². The van der Waals surface area contributed by atoms with Crippen LogP contribution in [0.2, 0.25) is 0 Å². The van der Waals surface area contributed by atoms with Gasteiger partial charge in [0, 0.05) is 28.1 Å². The molecule has 2 N–H and O–H groups in total. The van der Waals surface area contributed by atoms with Crippen LogP contribution >= 0.6 is 11.3 Å². The molecule has 0 fully saturated rings. The molecule has 3 rings (SSSR count). The number of carbonyl (C=O) groups is 2. The smallest absolute Gasteiger partial charge is 0.251 e. The molecule has 0 saturated heterocycles. The molecular weight excluding hydrogens is 424 g/mol. The van der Waals surface area contributed by atoms with Crippen LogP contribution < -0.4 is 20.1 Å². The molecule has 1 heterocycles. The second kappa shape index (κ2) is 11.3. The summed E-state index contributed by atoms with van der Waals surface area (Å²) in [6.07, 6.45) is 2.10. The van der Waals surface area contributed by atoms with Gasteiger partial charge in [0.25, 0.3) is 5.91 Å². The molecule has 168 valence electrons. The lowest BCUT2D eigenvalue weighted by molar-refractivity contribution is -0.116. The number of rotatable bonds is 10. The molecule has 7 heteroatoms. The lowest BCUT2D eigenvalue weighted by atomic mass is 10.1. The van der Waals surface area contributed by atoms with Crippen LogP contribution in [0.5, 0.6) is 11.5 Å². The van der Waals surface area contributed by atoms with E-state index in [9.17, 15) is 9.59 Å². The summed E-state index contributed by atoms with van der Waals surface area (Å²) in [7, 11) is 3.18. The van der Waals surface area contributed by atoms with Crippen molar-refractivity contribution in [2.45, 2.75) is 32.2 Å². The van der Waals surface area contributed by atoms with E-state index >= 15 is 0 Å². The Hall–Kier alpha value is -3.32. The van der Waals surface area contributed by atoms with Gasteiger partial charge in [-0.05, 0) is 67.6 Å². The van der Waals surface area contributed by atoms with E-state index in [4.69, 9.17) is 9.47 Å². The Bertz CT molecular complexity index is 1050. The molecule has 0 bridgehead atoms. The predicted molar refractivity (Wildman–Crippen MR) is 128 cm³/mol. The topological polar surface area (TPSA) is 76.7 Å². The van der Waals surface area contributed by atoms with E-state index in [1.807, 2.05) is 36.6 Å². The lowest BCUT2D eigenvalue weighted by Gasteiger charge is -2.18. The molecular formula is C25H28N2O4S. The summed E-state index contributed by atoms with van der Waals surface area (Å²) >= 11 is 1.70. The van der Waals surface area contributed by atoms with Crippen molar-refractivity contribution in [3.05, 3.63) is 76.0 Å². The maximum atomic E-state index is 12.8. The van der Waals surface area contributed by atoms with Crippen molar-refractivity contribution in [2.24, 2.45) is 0 Å². The third-order valence-corrected chi connectivity index (χ3v) is 6.00. The first-order valence-corrected chi connectivity index (χ1v) is 11.3. The molecule has 0 aliphatic heterocycles. The fraction of sp³-hybridized carbons (Fsp3) is 0.280. The SMILES string of the molecule is COc1ccc(OC)c(C(C)NC(=O)c2cccc(NC(=O)CCCc3cccs3)c2)c1. The molecule has 2 amide bonds. The molecule has 0 saturated carbocycles. The van der Waals surface area contributed by atoms with Crippen molar-refractivity contribution in [3.63, 3.8) is 0 Å². The molecule has 1 aromatic heterocycles. The van der Waals surface area contributed by atoms with Crippen molar-refractivity contribution in [1.82, 2.24) is 5.32 Å². The number of thiophene rings is 1. The Labute approximate surface area is 192 Å². The minimum atomic E-state index is -0.303. The molecule has 0 radical (unpaired) electrons. The third kappa shape index (κ3) is 6.34. The highest BCUT2D eigenvalue weighted by Gasteiger charge is 2.17. The Morgan fingerprint density at radius 3 is 2.59 bits per heavy atom. The largest absolute Gasteiger partial charge is 0.497 e. The number of carbonyl (C=O) groups excluding carboxylic acids is 2. The molecule has 32 heavy (non-hydrogen) atoms. The van der Waals surface area contributed by atoms with Crippen molar-refractivity contribution in [2.75, 3.05) is 19.5 Å². The van der Waals surface area contributed by atoms with Crippen LogP contribution in [-0.2, 0) is 11.2 Å². The quantitative estimate of drug-likeness (QED) is 0.442. The van der Waals surface area contributed by atoms with Crippen molar-refractivity contribution in [3.8, 4) is 11.5 Å². The van der Waals surface area contributed by atoms with E-state index in [1.54, 1.807) is 49.8 Å². The van der Waals surface area contributed by atoms with Gasteiger partial charge in [0.2, 0.25) is 5.91 Å². The molecule has 6 nitrogen and oxygen atoms in total. The number of nitrogens with one attached hydrogen (secondary N) is 2. The van der Waals surface area contributed by atoms with Crippen LogP contribution in [0.4, 0.5) is 5.69 Å². The average molecular weight is 453 g/mol. The van der Waals surface area contributed by atoms with Crippen LogP contribution in [0.1, 0.15) is 46.6 Å². The molecule has 1 unspecified atom stereocenters. The Morgan fingerprint density at radius 1 is 1.03 bits per heavy atom. The van der Waals surface area contributed by atoms with Crippen LogP contribution in [0.3, 0.4) is 0 Å². The zero-order valence-electron chi connectivity index (χ0n) is 18.5. The second-order valence-corrected chi connectivity index (χ2v) is 8.40. The first-order valence-electron chi connectivity index (χ1n) is 10.4. The molecule has 0 spiro atoms. The number of amides is 2. The Balaban J connectivity index is 1.59. The van der Waals surface area contributed by atoms with E-state index in [1.165, 1.54) is 4.88 Å². The first kappa shape index (κ1) is 23.3. The molecule has 0 aliphatic carbocycles. The number of hydrogen-bond donors (Lipinski definition) is 2. The normalized spacial score (nSPS) is 11.5. The lowest BCUT2D eigenvalue weighted by Crippen LogP contribution is -2.27. The number of benzene rings is 2. The summed E-state index contributed by atoms with van der Waals surface area (Å²) < 4.78 is 10.7. The van der Waals surface area contributed by atoms with Crippen LogP contribution in [0, 0.1) is 0 Å². The average Bonchev–Trinajstić information content (AvgIpc) is 3.32. The summed E-state index contributed by atoms with van der Waals surface area (Å²) in [4.78, 5) is 26.4. The maximum Gasteiger partial charge on any atom is 0.251 e. The maximum absolute atomic E-state index is 12.8. The zero-order valence-corrected chi connectivity index (χ0v) is 19.3. The van der Waals surface area contributed by atoms with E-state index < -0.39 is 0 Å². The minimum absolute atomic E-state index is 0.0615. The number of methoxy groups -OCH3 is 2. The highest BCUT2D eigenvalue weighted by Crippen LogP contribution is 2.29. The highest BCUT2D eigenvalue weighted by atomic mass is 32.1. The van der Waals surface area contributed by atoms with Gasteiger partial charge in [-0.2, -0.15) is 0 Å². The van der Waals surface area contributed by atoms with Gasteiger partial charge in [-0.15, -0.1) is 11.3 Å². The Kier molecular flexibility index (Phi) is 8.27. The summed E-state index contributed by atoms with van der Waals surface area (Å²) in [6.45, 7) is 1.88. The predicted octanol–water partition coefficient (Wildman–Crippen LogP) is 5.22. The number of aryl methyl sites for hydroxylation is 1. The van der Waals surface area contributed by atoms with E-state index in [0.717, 1.165) is 18.4 Å². The van der Waals surface area contributed by atoms with Gasteiger partial charge in [0.15, 0.2) is 0 Å². The molecule has 2 aromatic carbocycles. The molecule has 1 atom stereocenters. The van der Waals surface area contributed by atoms with Crippen LogP contribution in [0.25, 0.3) is 0 Å². The summed E-state index contributed by atoms with van der Waals surface area (Å²) in [5.41, 5.74) is 1.89. The molecule has 3 aromatic rings. The summed E-state index contributed by atoms with van der Waals surface area (Å²) in [5.74, 6) is 1.05. The second-order valence-electron chi connectivity index (χ2n) is 7.36. The number of anilines is 1. The fourth-order valence-electron chi connectivity index (χ4n) is 3.38. The van der Waals surface area contributed by atoms with Gasteiger partial charge in [-0.3, -0.25) is 9.59 Å². The number of ether oxygens (including phenoxy) is 2. The van der Waals surface area contributed by atoms with Crippen molar-refractivity contribution >= 4 is 28.8 Å². The highest BCUT2D eigenvalue weighted by molar-refractivity contribution is 7.09. The number of hydrogen-bond acceptors (Lipinski definition) is 5. The van der Waals surface area contributed by atoms with E-state index in [-0.39, 0.29) is 17.9 Å². The third-order valence-electron chi connectivity index (χ3n) is 5.07. The monoisotopic (exact) mass is 452 g/mol.